The predicted molar refractivity (Wildman–Crippen MR) is 85.8 cm³/mol. The average Bonchev–Trinajstić information content (AvgIpc) is 2.77. The SMILES string of the molecule is CCCCC(C)C(Cc1c(Cl)c(CC)nn1CC)NN. The molecule has 0 saturated carbocycles. The van der Waals surface area contributed by atoms with Crippen molar-refractivity contribution in [1.29, 1.82) is 0 Å². The van der Waals surface area contributed by atoms with Gasteiger partial charge in [-0.15, -0.1) is 0 Å². The Labute approximate surface area is 128 Å². The summed E-state index contributed by atoms with van der Waals surface area (Å²) in [6.07, 6.45) is 5.34. The van der Waals surface area contributed by atoms with Gasteiger partial charge in [0, 0.05) is 19.0 Å². The monoisotopic (exact) mass is 300 g/mol. The van der Waals surface area contributed by atoms with Crippen molar-refractivity contribution in [2.75, 3.05) is 0 Å². The highest BCUT2D eigenvalue weighted by molar-refractivity contribution is 6.31. The molecular formula is C15H29ClN4. The zero-order valence-electron chi connectivity index (χ0n) is 13.2. The summed E-state index contributed by atoms with van der Waals surface area (Å²) >= 11 is 6.47. The predicted octanol–water partition coefficient (Wildman–Crippen LogP) is 3.32. The number of hydrazine groups is 1. The highest BCUT2D eigenvalue weighted by Crippen LogP contribution is 2.25. The third-order valence-corrected chi connectivity index (χ3v) is 4.46. The second kappa shape index (κ2) is 8.65. The quantitative estimate of drug-likeness (QED) is 0.543. The molecule has 2 atom stereocenters. The molecule has 4 nitrogen and oxygen atoms in total. The fraction of sp³-hybridized carbons (Fsp3) is 0.800. The van der Waals surface area contributed by atoms with Crippen LogP contribution < -0.4 is 11.3 Å². The van der Waals surface area contributed by atoms with Crippen molar-refractivity contribution in [2.45, 2.75) is 72.4 Å². The first kappa shape index (κ1) is 17.5. The number of aryl methyl sites for hydroxylation is 2. The van der Waals surface area contributed by atoms with Gasteiger partial charge in [-0.2, -0.15) is 5.10 Å². The van der Waals surface area contributed by atoms with Crippen LogP contribution in [0.25, 0.3) is 0 Å². The minimum atomic E-state index is 0.241. The molecule has 3 N–H and O–H groups in total. The molecule has 0 bridgehead atoms. The number of hydrogen-bond acceptors (Lipinski definition) is 3. The van der Waals surface area contributed by atoms with E-state index >= 15 is 0 Å². The van der Waals surface area contributed by atoms with Crippen molar-refractivity contribution in [1.82, 2.24) is 15.2 Å². The maximum absolute atomic E-state index is 6.47. The molecule has 1 aromatic heterocycles. The van der Waals surface area contributed by atoms with Crippen LogP contribution in [0.15, 0.2) is 0 Å². The molecule has 0 saturated heterocycles. The van der Waals surface area contributed by atoms with E-state index in [2.05, 4.69) is 38.2 Å². The van der Waals surface area contributed by atoms with Crippen LogP contribution in [0.1, 0.15) is 58.3 Å². The molecule has 0 aliphatic carbocycles. The fourth-order valence-corrected chi connectivity index (χ4v) is 2.92. The summed E-state index contributed by atoms with van der Waals surface area (Å²) in [5, 5.41) is 5.39. The van der Waals surface area contributed by atoms with Crippen LogP contribution >= 0.6 is 11.6 Å². The summed E-state index contributed by atoms with van der Waals surface area (Å²) in [5.74, 6) is 6.28. The number of unbranched alkanes of at least 4 members (excludes halogenated alkanes) is 1. The van der Waals surface area contributed by atoms with Crippen molar-refractivity contribution < 1.29 is 0 Å². The van der Waals surface area contributed by atoms with Gasteiger partial charge in [-0.3, -0.25) is 16.0 Å². The van der Waals surface area contributed by atoms with Crippen LogP contribution in [0, 0.1) is 5.92 Å². The zero-order chi connectivity index (χ0) is 15.1. The standard InChI is InChI=1S/C15H29ClN4/c1-5-8-9-11(4)13(18-17)10-14-15(16)12(6-2)19-20(14)7-3/h11,13,18H,5-10,17H2,1-4H3. The van der Waals surface area contributed by atoms with E-state index in [9.17, 15) is 0 Å². The van der Waals surface area contributed by atoms with E-state index in [1.165, 1.54) is 19.3 Å². The molecule has 0 aliphatic rings. The maximum atomic E-state index is 6.47. The second-order valence-electron chi connectivity index (χ2n) is 5.47. The summed E-state index contributed by atoms with van der Waals surface area (Å²) in [7, 11) is 0. The Hall–Kier alpha value is -0.580. The van der Waals surface area contributed by atoms with Crippen LogP contribution in [0.4, 0.5) is 0 Å². The summed E-state index contributed by atoms with van der Waals surface area (Å²) in [5.41, 5.74) is 5.06. The van der Waals surface area contributed by atoms with Crippen LogP contribution in [-0.4, -0.2) is 15.8 Å². The first-order valence-corrected chi connectivity index (χ1v) is 8.16. The molecule has 2 unspecified atom stereocenters. The second-order valence-corrected chi connectivity index (χ2v) is 5.85. The minimum Gasteiger partial charge on any atom is -0.271 e. The molecule has 0 amide bonds. The van der Waals surface area contributed by atoms with Crippen LogP contribution in [0.3, 0.4) is 0 Å². The molecule has 1 rings (SSSR count). The zero-order valence-corrected chi connectivity index (χ0v) is 14.0. The molecule has 0 radical (unpaired) electrons. The van der Waals surface area contributed by atoms with Crippen molar-refractivity contribution >= 4 is 11.6 Å². The molecule has 1 aromatic rings. The van der Waals surface area contributed by atoms with Crippen LogP contribution in [0.2, 0.25) is 5.02 Å². The van der Waals surface area contributed by atoms with E-state index in [0.29, 0.717) is 5.92 Å². The van der Waals surface area contributed by atoms with Crippen LogP contribution in [0.5, 0.6) is 0 Å². The number of nitrogens with two attached hydrogens (primary N) is 1. The Bertz CT molecular complexity index is 403. The third kappa shape index (κ3) is 4.21. The lowest BCUT2D eigenvalue weighted by Crippen LogP contribution is -2.42. The Morgan fingerprint density at radius 3 is 2.55 bits per heavy atom. The average molecular weight is 301 g/mol. The molecule has 0 aliphatic heterocycles. The van der Waals surface area contributed by atoms with E-state index in [1.807, 2.05) is 4.68 Å². The van der Waals surface area contributed by atoms with E-state index < -0.39 is 0 Å². The van der Waals surface area contributed by atoms with Gasteiger partial charge < -0.3 is 0 Å². The minimum absolute atomic E-state index is 0.241. The largest absolute Gasteiger partial charge is 0.271 e. The summed E-state index contributed by atoms with van der Waals surface area (Å²) in [4.78, 5) is 0. The lowest BCUT2D eigenvalue weighted by Gasteiger charge is -2.23. The Morgan fingerprint density at radius 2 is 2.05 bits per heavy atom. The lowest BCUT2D eigenvalue weighted by molar-refractivity contribution is 0.345. The maximum Gasteiger partial charge on any atom is 0.0850 e. The van der Waals surface area contributed by atoms with Crippen molar-refractivity contribution in [2.24, 2.45) is 11.8 Å². The Kier molecular flexibility index (Phi) is 7.56. The summed E-state index contributed by atoms with van der Waals surface area (Å²) in [6.45, 7) is 9.49. The number of halogens is 1. The van der Waals surface area contributed by atoms with Gasteiger partial charge in [0.15, 0.2) is 0 Å². The molecule has 0 spiro atoms. The molecule has 1 heterocycles. The number of nitrogens with zero attached hydrogens (tertiary/aromatic N) is 2. The molecule has 5 heteroatoms. The van der Waals surface area contributed by atoms with Gasteiger partial charge in [-0.05, 0) is 25.7 Å². The van der Waals surface area contributed by atoms with Crippen molar-refractivity contribution in [3.8, 4) is 0 Å². The number of nitrogens with one attached hydrogen (secondary N) is 1. The number of aromatic nitrogens is 2. The molecule has 0 aromatic carbocycles. The van der Waals surface area contributed by atoms with E-state index in [1.54, 1.807) is 0 Å². The lowest BCUT2D eigenvalue weighted by atomic mass is 9.93. The first-order chi connectivity index (χ1) is 9.58. The summed E-state index contributed by atoms with van der Waals surface area (Å²) < 4.78 is 2.01. The molecular weight excluding hydrogens is 272 g/mol. The smallest absolute Gasteiger partial charge is 0.0850 e. The number of rotatable bonds is 9. The Balaban J connectivity index is 2.86. The molecule has 20 heavy (non-hydrogen) atoms. The van der Waals surface area contributed by atoms with Crippen molar-refractivity contribution in [3.05, 3.63) is 16.4 Å². The van der Waals surface area contributed by atoms with Crippen molar-refractivity contribution in [3.63, 3.8) is 0 Å². The van der Waals surface area contributed by atoms with Gasteiger partial charge >= 0.3 is 0 Å². The summed E-state index contributed by atoms with van der Waals surface area (Å²) in [6, 6.07) is 0.241. The van der Waals surface area contributed by atoms with Gasteiger partial charge in [-0.25, -0.2) is 0 Å². The highest BCUT2D eigenvalue weighted by Gasteiger charge is 2.21. The number of hydrogen-bond donors (Lipinski definition) is 2. The Morgan fingerprint density at radius 1 is 1.35 bits per heavy atom. The van der Waals surface area contributed by atoms with Crippen LogP contribution in [-0.2, 0) is 19.4 Å². The normalized spacial score (nSPS) is 14.5. The topological polar surface area (TPSA) is 55.9 Å². The van der Waals surface area contributed by atoms with E-state index in [-0.39, 0.29) is 6.04 Å². The van der Waals surface area contributed by atoms with E-state index in [0.717, 1.165) is 35.8 Å². The van der Waals surface area contributed by atoms with Gasteiger partial charge in [0.1, 0.15) is 0 Å². The van der Waals surface area contributed by atoms with Gasteiger partial charge in [0.25, 0.3) is 0 Å². The molecule has 0 fully saturated rings. The molecule has 116 valence electrons. The van der Waals surface area contributed by atoms with E-state index in [4.69, 9.17) is 17.4 Å². The third-order valence-electron chi connectivity index (χ3n) is 4.02. The van der Waals surface area contributed by atoms with Gasteiger partial charge in [-0.1, -0.05) is 45.2 Å². The van der Waals surface area contributed by atoms with Gasteiger partial charge in [0.2, 0.25) is 0 Å². The highest BCUT2D eigenvalue weighted by atomic mass is 35.5. The first-order valence-electron chi connectivity index (χ1n) is 7.79. The fourth-order valence-electron chi connectivity index (χ4n) is 2.57. The van der Waals surface area contributed by atoms with Gasteiger partial charge in [0.05, 0.1) is 16.4 Å².